The van der Waals surface area contributed by atoms with Gasteiger partial charge in [0, 0.05) is 5.39 Å². The lowest BCUT2D eigenvalue weighted by molar-refractivity contribution is 0.195. The van der Waals surface area contributed by atoms with Gasteiger partial charge in [-0.05, 0) is 19.1 Å². The molecule has 1 heterocycles. The number of pyridine rings is 1. The van der Waals surface area contributed by atoms with Crippen LogP contribution in [0.4, 0.5) is 0 Å². The number of aliphatic hydroxyl groups is 1. The summed E-state index contributed by atoms with van der Waals surface area (Å²) in [5, 5.41) is 10.4. The first-order chi connectivity index (χ1) is 6.27. The van der Waals surface area contributed by atoms with E-state index in [0.29, 0.717) is 0 Å². The van der Waals surface area contributed by atoms with Gasteiger partial charge >= 0.3 is 0 Å². The Morgan fingerprint density at radius 1 is 1.15 bits per heavy atom. The van der Waals surface area contributed by atoms with Crippen LogP contribution in [0.1, 0.15) is 18.7 Å². The van der Waals surface area contributed by atoms with Gasteiger partial charge in [-0.3, -0.25) is 4.98 Å². The van der Waals surface area contributed by atoms with Crippen molar-refractivity contribution in [2.45, 2.75) is 13.0 Å². The zero-order chi connectivity index (χ0) is 9.26. The largest absolute Gasteiger partial charge is 0.387 e. The molecule has 0 unspecified atom stereocenters. The van der Waals surface area contributed by atoms with Gasteiger partial charge in [0.2, 0.25) is 0 Å². The van der Waals surface area contributed by atoms with E-state index in [1.807, 2.05) is 36.4 Å². The summed E-state index contributed by atoms with van der Waals surface area (Å²) < 4.78 is 0. The Balaban J connectivity index is 2.62. The standard InChI is InChI=1S/C11H11NO/c1-8(13)10-7-6-9-4-2-3-5-11(9)12-10/h2-8,13H,1H3/t8-/m0/s1. The minimum atomic E-state index is -0.496. The molecule has 0 aliphatic carbocycles. The molecule has 0 saturated heterocycles. The van der Waals surface area contributed by atoms with Crippen molar-refractivity contribution in [1.29, 1.82) is 0 Å². The van der Waals surface area contributed by atoms with Crippen LogP contribution in [0, 0.1) is 0 Å². The molecule has 2 heteroatoms. The molecule has 66 valence electrons. The van der Waals surface area contributed by atoms with Crippen molar-refractivity contribution in [3.63, 3.8) is 0 Å². The van der Waals surface area contributed by atoms with Crippen LogP contribution < -0.4 is 0 Å². The second-order valence-electron chi connectivity index (χ2n) is 3.10. The van der Waals surface area contributed by atoms with E-state index in [0.717, 1.165) is 16.6 Å². The molecule has 0 saturated carbocycles. The van der Waals surface area contributed by atoms with Crippen LogP contribution >= 0.6 is 0 Å². The van der Waals surface area contributed by atoms with Crippen molar-refractivity contribution in [2.75, 3.05) is 0 Å². The summed E-state index contributed by atoms with van der Waals surface area (Å²) in [5.41, 5.74) is 1.65. The molecule has 2 nitrogen and oxygen atoms in total. The summed E-state index contributed by atoms with van der Waals surface area (Å²) in [4.78, 5) is 4.32. The van der Waals surface area contributed by atoms with Crippen LogP contribution in [0.25, 0.3) is 10.9 Å². The summed E-state index contributed by atoms with van der Waals surface area (Å²) in [5.74, 6) is 0. The molecule has 0 bridgehead atoms. The van der Waals surface area contributed by atoms with E-state index in [-0.39, 0.29) is 0 Å². The van der Waals surface area contributed by atoms with Crippen LogP contribution in [0.15, 0.2) is 36.4 Å². The van der Waals surface area contributed by atoms with Gasteiger partial charge in [-0.15, -0.1) is 0 Å². The SMILES string of the molecule is C[C@H](O)c1ccc2ccccc2n1. The summed E-state index contributed by atoms with van der Waals surface area (Å²) in [7, 11) is 0. The fourth-order valence-corrected chi connectivity index (χ4v) is 1.31. The first-order valence-electron chi connectivity index (χ1n) is 4.31. The normalized spacial score (nSPS) is 13.1. The van der Waals surface area contributed by atoms with E-state index >= 15 is 0 Å². The Morgan fingerprint density at radius 2 is 1.92 bits per heavy atom. The van der Waals surface area contributed by atoms with Crippen molar-refractivity contribution in [2.24, 2.45) is 0 Å². The molecule has 0 radical (unpaired) electrons. The van der Waals surface area contributed by atoms with Crippen LogP contribution in [-0.4, -0.2) is 10.1 Å². The number of hydrogen-bond acceptors (Lipinski definition) is 2. The first kappa shape index (κ1) is 8.20. The number of nitrogens with zero attached hydrogens (tertiary/aromatic N) is 1. The molecular formula is C11H11NO. The highest BCUT2D eigenvalue weighted by Gasteiger charge is 2.02. The van der Waals surface area contributed by atoms with Gasteiger partial charge in [0.15, 0.2) is 0 Å². The van der Waals surface area contributed by atoms with Crippen molar-refractivity contribution < 1.29 is 5.11 Å². The van der Waals surface area contributed by atoms with E-state index in [1.54, 1.807) is 6.92 Å². The highest BCUT2D eigenvalue weighted by molar-refractivity contribution is 5.78. The van der Waals surface area contributed by atoms with Gasteiger partial charge in [0.25, 0.3) is 0 Å². The Hall–Kier alpha value is -1.41. The molecular weight excluding hydrogens is 162 g/mol. The number of benzene rings is 1. The average molecular weight is 173 g/mol. The molecule has 1 aromatic heterocycles. The zero-order valence-electron chi connectivity index (χ0n) is 7.44. The van der Waals surface area contributed by atoms with Gasteiger partial charge in [0.05, 0.1) is 17.3 Å². The molecule has 1 atom stereocenters. The number of aliphatic hydroxyl groups excluding tert-OH is 1. The fraction of sp³-hybridized carbons (Fsp3) is 0.182. The molecule has 0 aliphatic rings. The lowest BCUT2D eigenvalue weighted by Gasteiger charge is -2.04. The predicted octanol–water partition coefficient (Wildman–Crippen LogP) is 2.29. The van der Waals surface area contributed by atoms with Gasteiger partial charge in [0.1, 0.15) is 0 Å². The first-order valence-corrected chi connectivity index (χ1v) is 4.31. The lowest BCUT2D eigenvalue weighted by atomic mass is 10.2. The fourth-order valence-electron chi connectivity index (χ4n) is 1.31. The smallest absolute Gasteiger partial charge is 0.0932 e. The average Bonchev–Trinajstić information content (AvgIpc) is 2.17. The number of fused-ring (bicyclic) bond motifs is 1. The molecule has 2 rings (SSSR count). The van der Waals surface area contributed by atoms with Gasteiger partial charge < -0.3 is 5.11 Å². The molecule has 1 N–H and O–H groups in total. The maximum atomic E-state index is 9.32. The van der Waals surface area contributed by atoms with Gasteiger partial charge in [-0.1, -0.05) is 24.3 Å². The van der Waals surface area contributed by atoms with Crippen LogP contribution in [-0.2, 0) is 0 Å². The Morgan fingerprint density at radius 3 is 2.69 bits per heavy atom. The summed E-state index contributed by atoms with van der Waals surface area (Å²) in [6, 6.07) is 11.7. The lowest BCUT2D eigenvalue weighted by Crippen LogP contribution is -1.94. The number of para-hydroxylation sites is 1. The Kier molecular flexibility index (Phi) is 1.99. The van der Waals surface area contributed by atoms with Crippen molar-refractivity contribution in [3.8, 4) is 0 Å². The monoisotopic (exact) mass is 173 g/mol. The molecule has 13 heavy (non-hydrogen) atoms. The number of hydrogen-bond donors (Lipinski definition) is 1. The minimum absolute atomic E-state index is 0.496. The van der Waals surface area contributed by atoms with Gasteiger partial charge in [-0.2, -0.15) is 0 Å². The topological polar surface area (TPSA) is 33.1 Å². The Labute approximate surface area is 76.9 Å². The second-order valence-corrected chi connectivity index (χ2v) is 3.10. The van der Waals surface area contributed by atoms with Crippen molar-refractivity contribution >= 4 is 10.9 Å². The molecule has 0 amide bonds. The van der Waals surface area contributed by atoms with E-state index in [2.05, 4.69) is 4.98 Å². The van der Waals surface area contributed by atoms with E-state index < -0.39 is 6.10 Å². The molecule has 1 aromatic carbocycles. The summed E-state index contributed by atoms with van der Waals surface area (Å²) in [6.07, 6.45) is -0.496. The predicted molar refractivity (Wildman–Crippen MR) is 52.4 cm³/mol. The van der Waals surface area contributed by atoms with Crippen LogP contribution in [0.2, 0.25) is 0 Å². The molecule has 0 spiro atoms. The maximum absolute atomic E-state index is 9.32. The van der Waals surface area contributed by atoms with Gasteiger partial charge in [-0.25, -0.2) is 0 Å². The maximum Gasteiger partial charge on any atom is 0.0932 e. The second kappa shape index (κ2) is 3.15. The molecule has 2 aromatic rings. The van der Waals surface area contributed by atoms with Crippen LogP contribution in [0.5, 0.6) is 0 Å². The highest BCUT2D eigenvalue weighted by Crippen LogP contribution is 2.15. The third-order valence-electron chi connectivity index (χ3n) is 2.05. The zero-order valence-corrected chi connectivity index (χ0v) is 7.44. The molecule has 0 aliphatic heterocycles. The van der Waals surface area contributed by atoms with Crippen molar-refractivity contribution in [1.82, 2.24) is 4.98 Å². The van der Waals surface area contributed by atoms with E-state index in [4.69, 9.17) is 0 Å². The summed E-state index contributed by atoms with van der Waals surface area (Å²) in [6.45, 7) is 1.72. The van der Waals surface area contributed by atoms with Crippen LogP contribution in [0.3, 0.4) is 0 Å². The minimum Gasteiger partial charge on any atom is -0.387 e. The third-order valence-corrected chi connectivity index (χ3v) is 2.05. The van der Waals surface area contributed by atoms with E-state index in [9.17, 15) is 5.11 Å². The van der Waals surface area contributed by atoms with Crippen molar-refractivity contribution in [3.05, 3.63) is 42.1 Å². The number of rotatable bonds is 1. The Bertz CT molecular complexity index is 423. The third kappa shape index (κ3) is 1.53. The summed E-state index contributed by atoms with van der Waals surface area (Å²) >= 11 is 0. The highest BCUT2D eigenvalue weighted by atomic mass is 16.3. The number of aromatic nitrogens is 1. The molecule has 0 fully saturated rings. The van der Waals surface area contributed by atoms with E-state index in [1.165, 1.54) is 0 Å². The quantitative estimate of drug-likeness (QED) is 0.717.